The Balaban J connectivity index is -0.0000000771. The number of rotatable bonds is 0. The highest BCUT2D eigenvalue weighted by Crippen LogP contribution is 1.95. The second-order valence-corrected chi connectivity index (χ2v) is 1.79. The molecule has 0 bridgehead atoms. The maximum absolute atomic E-state index is 3.97. The van der Waals surface area contributed by atoms with Gasteiger partial charge in [-0.1, -0.05) is 55.4 Å². The van der Waals surface area contributed by atoms with Crippen LogP contribution in [0.25, 0.3) is 0 Å². The smallest absolute Gasteiger partial charge is 0.115 e. The van der Waals surface area contributed by atoms with E-state index in [-0.39, 0.29) is 0 Å². The molecule has 1 aromatic rings. The molecule has 0 N–H and O–H groups in total. The van der Waals surface area contributed by atoms with Gasteiger partial charge in [0.1, 0.15) is 6.33 Å². The van der Waals surface area contributed by atoms with Crippen LogP contribution in [0.1, 0.15) is 66.6 Å². The van der Waals surface area contributed by atoms with Gasteiger partial charge in [0.15, 0.2) is 0 Å². The molecule has 2 heteroatoms. The zero-order chi connectivity index (χ0) is 14.0. The van der Waals surface area contributed by atoms with E-state index in [9.17, 15) is 0 Å². The van der Waals surface area contributed by atoms with E-state index in [1.54, 1.807) is 6.33 Å². The van der Waals surface area contributed by atoms with Crippen molar-refractivity contribution in [1.29, 1.82) is 0 Å². The van der Waals surface area contributed by atoms with Gasteiger partial charge in [-0.25, -0.2) is 9.97 Å². The molecule has 0 saturated carbocycles. The van der Waals surface area contributed by atoms with E-state index in [1.807, 2.05) is 75.4 Å². The topological polar surface area (TPSA) is 25.8 Å². The lowest BCUT2D eigenvalue weighted by molar-refractivity contribution is 1.06. The van der Waals surface area contributed by atoms with E-state index in [1.165, 1.54) is 0 Å². The van der Waals surface area contributed by atoms with Crippen LogP contribution in [0.15, 0.2) is 12.5 Å². The Morgan fingerprint density at radius 3 is 1.31 bits per heavy atom. The van der Waals surface area contributed by atoms with Crippen LogP contribution in [0.5, 0.6) is 0 Å². The van der Waals surface area contributed by atoms with Crippen LogP contribution < -0.4 is 0 Å². The molecule has 0 fully saturated rings. The highest BCUT2D eigenvalue weighted by atomic mass is 14.8. The summed E-state index contributed by atoms with van der Waals surface area (Å²) in [4.78, 5) is 7.80. The standard InChI is InChI=1S/C6H8N2.4C2H6/c1-5-3-7-4-8-6(5)2;4*1-2/h3-4H,1-2H3;4*1-2H3. The third kappa shape index (κ3) is 18.8. The van der Waals surface area contributed by atoms with Gasteiger partial charge in [-0.2, -0.15) is 0 Å². The van der Waals surface area contributed by atoms with Crippen molar-refractivity contribution in [2.75, 3.05) is 0 Å². The van der Waals surface area contributed by atoms with E-state index < -0.39 is 0 Å². The molecule has 1 rings (SSSR count). The molecular weight excluding hydrogens is 196 g/mol. The lowest BCUT2D eigenvalue weighted by Gasteiger charge is -1.91. The fraction of sp³-hybridized carbons (Fsp3) is 0.714. The Morgan fingerprint density at radius 1 is 0.750 bits per heavy atom. The predicted molar refractivity (Wildman–Crippen MR) is 76.9 cm³/mol. The summed E-state index contributed by atoms with van der Waals surface area (Å²) in [5.41, 5.74) is 2.20. The van der Waals surface area contributed by atoms with Crippen molar-refractivity contribution in [1.82, 2.24) is 9.97 Å². The monoisotopic (exact) mass is 228 g/mol. The highest BCUT2D eigenvalue weighted by Gasteiger charge is 1.86. The molecule has 1 aromatic heterocycles. The molecular formula is C14H32N2. The fourth-order valence-electron chi connectivity index (χ4n) is 0.460. The zero-order valence-electron chi connectivity index (χ0n) is 13.0. The summed E-state index contributed by atoms with van der Waals surface area (Å²) in [7, 11) is 0. The largest absolute Gasteiger partial charge is 0.245 e. The van der Waals surface area contributed by atoms with Crippen molar-refractivity contribution in [3.8, 4) is 0 Å². The molecule has 0 aromatic carbocycles. The van der Waals surface area contributed by atoms with Crippen molar-refractivity contribution >= 4 is 0 Å². The molecule has 0 amide bonds. The van der Waals surface area contributed by atoms with Gasteiger partial charge in [0, 0.05) is 11.9 Å². The Bertz CT molecular complexity index is 165. The van der Waals surface area contributed by atoms with Gasteiger partial charge in [-0.05, 0) is 19.4 Å². The maximum Gasteiger partial charge on any atom is 0.115 e. The van der Waals surface area contributed by atoms with Crippen molar-refractivity contribution in [3.05, 3.63) is 23.8 Å². The zero-order valence-corrected chi connectivity index (χ0v) is 13.0. The summed E-state index contributed by atoms with van der Waals surface area (Å²) in [6, 6.07) is 0. The van der Waals surface area contributed by atoms with E-state index in [4.69, 9.17) is 0 Å². The number of hydrogen-bond donors (Lipinski definition) is 0. The predicted octanol–water partition coefficient (Wildman–Crippen LogP) is 5.20. The summed E-state index contributed by atoms with van der Waals surface area (Å²) < 4.78 is 0. The lowest BCUT2D eigenvalue weighted by atomic mass is 10.3. The first-order valence-electron chi connectivity index (χ1n) is 6.54. The third-order valence-corrected chi connectivity index (χ3v) is 1.16. The van der Waals surface area contributed by atoms with E-state index in [0.717, 1.165) is 11.3 Å². The van der Waals surface area contributed by atoms with E-state index in [2.05, 4.69) is 9.97 Å². The second-order valence-electron chi connectivity index (χ2n) is 1.79. The fourth-order valence-corrected chi connectivity index (χ4v) is 0.460. The van der Waals surface area contributed by atoms with Crippen LogP contribution in [-0.4, -0.2) is 9.97 Å². The van der Waals surface area contributed by atoms with E-state index >= 15 is 0 Å². The lowest BCUT2D eigenvalue weighted by Crippen LogP contribution is -1.85. The normalized spacial score (nSPS) is 6.12. The SMILES string of the molecule is CC.CC.CC.CC.Cc1cncnc1C. The molecule has 0 atom stereocenters. The van der Waals surface area contributed by atoms with Crippen molar-refractivity contribution in [3.63, 3.8) is 0 Å². The summed E-state index contributed by atoms with van der Waals surface area (Å²) in [6.45, 7) is 20.0. The third-order valence-electron chi connectivity index (χ3n) is 1.16. The molecule has 98 valence electrons. The Hall–Kier alpha value is -0.920. The van der Waals surface area contributed by atoms with Crippen LogP contribution >= 0.6 is 0 Å². The Kier molecular flexibility index (Phi) is 44.5. The van der Waals surface area contributed by atoms with Gasteiger partial charge in [0.2, 0.25) is 0 Å². The number of aryl methyl sites for hydroxylation is 2. The first kappa shape index (κ1) is 24.4. The quantitative estimate of drug-likeness (QED) is 0.610. The summed E-state index contributed by atoms with van der Waals surface area (Å²) >= 11 is 0. The van der Waals surface area contributed by atoms with Gasteiger partial charge in [-0.3, -0.25) is 0 Å². The summed E-state index contributed by atoms with van der Waals surface area (Å²) in [5, 5.41) is 0. The second kappa shape index (κ2) is 29.2. The first-order chi connectivity index (χ1) is 7.80. The van der Waals surface area contributed by atoms with Crippen molar-refractivity contribution in [2.24, 2.45) is 0 Å². The number of hydrogen-bond acceptors (Lipinski definition) is 2. The molecule has 1 heterocycles. The minimum Gasteiger partial charge on any atom is -0.245 e. The maximum atomic E-state index is 3.97. The molecule has 2 nitrogen and oxygen atoms in total. The van der Waals surface area contributed by atoms with Gasteiger partial charge in [0.05, 0.1) is 0 Å². The van der Waals surface area contributed by atoms with Gasteiger partial charge < -0.3 is 0 Å². The highest BCUT2D eigenvalue weighted by molar-refractivity contribution is 5.10. The number of nitrogens with zero attached hydrogens (tertiary/aromatic N) is 2. The van der Waals surface area contributed by atoms with E-state index in [0.29, 0.717) is 0 Å². The van der Waals surface area contributed by atoms with Crippen LogP contribution in [0.3, 0.4) is 0 Å². The average Bonchev–Trinajstić information content (AvgIpc) is 2.42. The Labute approximate surface area is 104 Å². The van der Waals surface area contributed by atoms with Crippen LogP contribution in [0, 0.1) is 13.8 Å². The molecule has 0 aliphatic heterocycles. The van der Waals surface area contributed by atoms with Crippen LogP contribution in [0.4, 0.5) is 0 Å². The van der Waals surface area contributed by atoms with Gasteiger partial charge in [-0.15, -0.1) is 0 Å². The van der Waals surface area contributed by atoms with Crippen LogP contribution in [-0.2, 0) is 0 Å². The minimum atomic E-state index is 1.06. The molecule has 0 unspecified atom stereocenters. The summed E-state index contributed by atoms with van der Waals surface area (Å²) in [6.07, 6.45) is 3.37. The summed E-state index contributed by atoms with van der Waals surface area (Å²) in [5.74, 6) is 0. The molecule has 0 radical (unpaired) electrons. The first-order valence-corrected chi connectivity index (χ1v) is 6.54. The average molecular weight is 228 g/mol. The molecule has 16 heavy (non-hydrogen) atoms. The molecule has 0 aliphatic carbocycles. The number of aromatic nitrogens is 2. The minimum absolute atomic E-state index is 1.06. The van der Waals surface area contributed by atoms with Gasteiger partial charge >= 0.3 is 0 Å². The molecule has 0 spiro atoms. The van der Waals surface area contributed by atoms with Crippen molar-refractivity contribution in [2.45, 2.75) is 69.2 Å². The van der Waals surface area contributed by atoms with Crippen LogP contribution in [0.2, 0.25) is 0 Å². The molecule has 0 saturated heterocycles. The Morgan fingerprint density at radius 2 is 1.12 bits per heavy atom. The van der Waals surface area contributed by atoms with Crippen molar-refractivity contribution < 1.29 is 0 Å². The molecule has 0 aliphatic rings. The van der Waals surface area contributed by atoms with Gasteiger partial charge in [0.25, 0.3) is 0 Å².